The Balaban J connectivity index is 1.91. The second-order valence-electron chi connectivity index (χ2n) is 4.96. The molecule has 1 aliphatic heterocycles. The first-order chi connectivity index (χ1) is 9.58. The van der Waals surface area contributed by atoms with Crippen LogP contribution in [-0.4, -0.2) is 24.2 Å². The fourth-order valence-electron chi connectivity index (χ4n) is 2.63. The van der Waals surface area contributed by atoms with Crippen LogP contribution in [0.15, 0.2) is 17.5 Å². The third-order valence-corrected chi connectivity index (χ3v) is 5.71. The molecule has 2 heterocycles. The smallest absolute Gasteiger partial charge is 0.306 e. The van der Waals surface area contributed by atoms with Crippen molar-refractivity contribution in [1.82, 2.24) is 0 Å². The molecule has 1 aromatic heterocycles. The lowest BCUT2D eigenvalue weighted by Gasteiger charge is -2.32. The number of anilines is 1. The zero-order chi connectivity index (χ0) is 14.3. The maximum absolute atomic E-state index is 11.0. The molecule has 0 unspecified atom stereocenters. The van der Waals surface area contributed by atoms with Gasteiger partial charge < -0.3 is 10.0 Å². The molecule has 1 N–H and O–H groups in total. The summed E-state index contributed by atoms with van der Waals surface area (Å²) in [5.41, 5.74) is 0.909. The van der Waals surface area contributed by atoms with Crippen LogP contribution in [0.4, 0.5) is 5.69 Å². The molecule has 0 spiro atoms. The summed E-state index contributed by atoms with van der Waals surface area (Å²) >= 11 is 14.3. The van der Waals surface area contributed by atoms with Crippen molar-refractivity contribution in [2.45, 2.75) is 12.8 Å². The van der Waals surface area contributed by atoms with E-state index >= 15 is 0 Å². The average Bonchev–Trinajstić information content (AvgIpc) is 2.91. The molecule has 3 rings (SSSR count). The molecule has 0 amide bonds. The molecule has 0 atom stereocenters. The van der Waals surface area contributed by atoms with E-state index in [1.807, 2.05) is 17.5 Å². The van der Waals surface area contributed by atoms with Crippen LogP contribution in [0.3, 0.4) is 0 Å². The van der Waals surface area contributed by atoms with Crippen LogP contribution in [-0.2, 0) is 4.79 Å². The summed E-state index contributed by atoms with van der Waals surface area (Å²) in [5.74, 6) is -0.951. The van der Waals surface area contributed by atoms with E-state index in [9.17, 15) is 4.79 Å². The van der Waals surface area contributed by atoms with Gasteiger partial charge in [0.25, 0.3) is 0 Å². The van der Waals surface area contributed by atoms with Crippen molar-refractivity contribution in [2.24, 2.45) is 5.92 Å². The lowest BCUT2D eigenvalue weighted by Crippen LogP contribution is -2.36. The van der Waals surface area contributed by atoms with Crippen molar-refractivity contribution in [2.75, 3.05) is 18.0 Å². The Hall–Kier alpha value is -0.970. The summed E-state index contributed by atoms with van der Waals surface area (Å²) < 4.78 is 1.00. The number of fused-ring (bicyclic) bond motifs is 1. The molecule has 3 nitrogen and oxygen atoms in total. The lowest BCUT2D eigenvalue weighted by molar-refractivity contribution is -0.142. The number of halogens is 2. The minimum atomic E-state index is -0.706. The fraction of sp³-hybridized carbons (Fsp3) is 0.357. The van der Waals surface area contributed by atoms with Gasteiger partial charge in [0.05, 0.1) is 26.4 Å². The van der Waals surface area contributed by atoms with Gasteiger partial charge in [0, 0.05) is 13.1 Å². The van der Waals surface area contributed by atoms with Gasteiger partial charge in [-0.3, -0.25) is 4.79 Å². The van der Waals surface area contributed by atoms with Gasteiger partial charge in [-0.2, -0.15) is 0 Å². The van der Waals surface area contributed by atoms with E-state index in [2.05, 4.69) is 4.90 Å². The zero-order valence-corrected chi connectivity index (χ0v) is 12.9. The largest absolute Gasteiger partial charge is 0.481 e. The SMILES string of the molecule is O=C(O)C1CCN(c2cc3ccsc3c(Cl)c2Cl)CC1. The molecule has 0 saturated carbocycles. The molecule has 0 aliphatic carbocycles. The maximum atomic E-state index is 11.0. The Bertz CT molecular complexity index is 662. The second kappa shape index (κ2) is 5.43. The first kappa shape index (κ1) is 14.0. The van der Waals surface area contributed by atoms with Gasteiger partial charge in [-0.15, -0.1) is 11.3 Å². The zero-order valence-electron chi connectivity index (χ0n) is 10.6. The monoisotopic (exact) mass is 329 g/mol. The first-order valence-electron chi connectivity index (χ1n) is 6.41. The van der Waals surface area contributed by atoms with Gasteiger partial charge in [0.1, 0.15) is 0 Å². The van der Waals surface area contributed by atoms with Crippen molar-refractivity contribution < 1.29 is 9.90 Å². The molecule has 1 fully saturated rings. The van der Waals surface area contributed by atoms with Gasteiger partial charge in [-0.05, 0) is 35.7 Å². The summed E-state index contributed by atoms with van der Waals surface area (Å²) in [6.07, 6.45) is 1.29. The van der Waals surface area contributed by atoms with Gasteiger partial charge in [0.15, 0.2) is 0 Å². The molecule has 0 radical (unpaired) electrons. The van der Waals surface area contributed by atoms with E-state index in [4.69, 9.17) is 28.3 Å². The quantitative estimate of drug-likeness (QED) is 0.881. The number of nitrogens with zero attached hydrogens (tertiary/aromatic N) is 1. The third kappa shape index (κ3) is 2.36. The molecule has 6 heteroatoms. The van der Waals surface area contributed by atoms with Gasteiger partial charge in [0.2, 0.25) is 0 Å². The highest BCUT2D eigenvalue weighted by atomic mass is 35.5. The number of hydrogen-bond acceptors (Lipinski definition) is 3. The summed E-state index contributed by atoms with van der Waals surface area (Å²) in [7, 11) is 0. The highest BCUT2D eigenvalue weighted by molar-refractivity contribution is 7.18. The van der Waals surface area contributed by atoms with Crippen molar-refractivity contribution in [3.05, 3.63) is 27.6 Å². The predicted molar refractivity (Wildman–Crippen MR) is 84.4 cm³/mol. The Morgan fingerprint density at radius 1 is 1.30 bits per heavy atom. The van der Waals surface area contributed by atoms with Gasteiger partial charge in [-0.1, -0.05) is 23.2 Å². The van der Waals surface area contributed by atoms with Crippen LogP contribution in [0.5, 0.6) is 0 Å². The first-order valence-corrected chi connectivity index (χ1v) is 8.04. The van der Waals surface area contributed by atoms with Crippen LogP contribution >= 0.6 is 34.5 Å². The summed E-state index contributed by atoms with van der Waals surface area (Å²) in [6.45, 7) is 1.39. The van der Waals surface area contributed by atoms with E-state index in [0.29, 0.717) is 36.0 Å². The normalized spacial score (nSPS) is 16.8. The van der Waals surface area contributed by atoms with Crippen molar-refractivity contribution in [3.63, 3.8) is 0 Å². The summed E-state index contributed by atoms with van der Waals surface area (Å²) in [4.78, 5) is 13.1. The highest BCUT2D eigenvalue weighted by Gasteiger charge is 2.26. The third-order valence-electron chi connectivity index (χ3n) is 3.79. The molecule has 2 aromatic rings. The van der Waals surface area contributed by atoms with Crippen LogP contribution in [0.1, 0.15) is 12.8 Å². The number of carboxylic acids is 1. The number of piperidine rings is 1. The van der Waals surface area contributed by atoms with E-state index in [1.165, 1.54) is 0 Å². The molecular weight excluding hydrogens is 317 g/mol. The number of hydrogen-bond donors (Lipinski definition) is 1. The molecule has 20 heavy (non-hydrogen) atoms. The summed E-state index contributed by atoms with van der Waals surface area (Å²) in [5, 5.41) is 13.3. The topological polar surface area (TPSA) is 40.5 Å². The van der Waals surface area contributed by atoms with Crippen LogP contribution < -0.4 is 4.90 Å². The molecule has 0 bridgehead atoms. The Labute approximate surface area is 130 Å². The van der Waals surface area contributed by atoms with E-state index in [0.717, 1.165) is 15.8 Å². The van der Waals surface area contributed by atoms with E-state index in [1.54, 1.807) is 11.3 Å². The maximum Gasteiger partial charge on any atom is 0.306 e. The fourth-order valence-corrected chi connectivity index (χ4v) is 4.11. The number of thiophene rings is 1. The number of carbonyl (C=O) groups is 1. The number of aliphatic carboxylic acids is 1. The summed E-state index contributed by atoms with van der Waals surface area (Å²) in [6, 6.07) is 4.07. The van der Waals surface area contributed by atoms with E-state index < -0.39 is 5.97 Å². The average molecular weight is 330 g/mol. The Morgan fingerprint density at radius 3 is 2.65 bits per heavy atom. The van der Waals surface area contributed by atoms with E-state index in [-0.39, 0.29) is 5.92 Å². The Kier molecular flexibility index (Phi) is 3.80. The van der Waals surface area contributed by atoms with Crippen molar-refractivity contribution >= 4 is 56.3 Å². The van der Waals surface area contributed by atoms with Gasteiger partial charge in [-0.25, -0.2) is 0 Å². The number of carboxylic acid groups (broad SMARTS) is 1. The molecule has 1 saturated heterocycles. The standard InChI is InChI=1S/C14H13Cl2NO2S/c15-11-10(7-9-3-6-20-13(9)12(11)16)17-4-1-8(2-5-17)14(18)19/h3,6-8H,1-2,4-5H2,(H,18,19). The number of rotatable bonds is 2. The minimum Gasteiger partial charge on any atom is -0.481 e. The molecule has 1 aliphatic rings. The predicted octanol–water partition coefficient (Wildman–Crippen LogP) is 4.51. The van der Waals surface area contributed by atoms with Crippen LogP contribution in [0, 0.1) is 5.92 Å². The Morgan fingerprint density at radius 2 is 2.00 bits per heavy atom. The van der Waals surface area contributed by atoms with Crippen LogP contribution in [0.2, 0.25) is 10.0 Å². The lowest BCUT2D eigenvalue weighted by atomic mass is 9.96. The molecular formula is C14H13Cl2NO2S. The van der Waals surface area contributed by atoms with Crippen LogP contribution in [0.25, 0.3) is 10.1 Å². The van der Waals surface area contributed by atoms with Crippen molar-refractivity contribution in [1.29, 1.82) is 0 Å². The second-order valence-corrected chi connectivity index (χ2v) is 6.63. The van der Waals surface area contributed by atoms with Gasteiger partial charge >= 0.3 is 5.97 Å². The number of benzene rings is 1. The molecule has 1 aromatic carbocycles. The highest BCUT2D eigenvalue weighted by Crippen LogP contribution is 2.42. The minimum absolute atomic E-state index is 0.245. The van der Waals surface area contributed by atoms with Crippen molar-refractivity contribution in [3.8, 4) is 0 Å². The molecule has 106 valence electrons.